The van der Waals surface area contributed by atoms with E-state index in [1.54, 1.807) is 26.0 Å². The Labute approximate surface area is 96.2 Å². The third-order valence-corrected chi connectivity index (χ3v) is 2.29. The average molecular weight is 274 g/mol. The first-order valence-corrected chi connectivity index (χ1v) is 5.36. The van der Waals surface area contributed by atoms with Crippen molar-refractivity contribution in [1.82, 2.24) is 5.32 Å². The van der Waals surface area contributed by atoms with E-state index in [9.17, 15) is 9.59 Å². The molecule has 0 saturated heterocycles. The number of carbonyl (C=O) groups is 2. The van der Waals surface area contributed by atoms with E-state index < -0.39 is 0 Å². The van der Waals surface area contributed by atoms with Gasteiger partial charge in [-0.3, -0.25) is 9.59 Å². The number of ketones is 1. The Hall–Kier alpha value is -1.10. The van der Waals surface area contributed by atoms with Gasteiger partial charge < -0.3 is 9.73 Å². The number of amides is 1. The van der Waals surface area contributed by atoms with Crippen molar-refractivity contribution in [3.05, 3.63) is 22.6 Å². The Bertz CT molecular complexity index is 370. The zero-order valence-electron chi connectivity index (χ0n) is 8.54. The minimum absolute atomic E-state index is 0.00558. The summed E-state index contributed by atoms with van der Waals surface area (Å²) < 4.78 is 5.52. The first kappa shape index (κ1) is 12.0. The third-order valence-electron chi connectivity index (χ3n) is 1.86. The second-order valence-corrected chi connectivity index (χ2v) is 4.19. The maximum atomic E-state index is 11.4. The van der Waals surface area contributed by atoms with Crippen LogP contribution in [-0.2, 0) is 4.79 Å². The smallest absolute Gasteiger partial charge is 0.287 e. The van der Waals surface area contributed by atoms with E-state index in [1.165, 1.54) is 0 Å². The number of furan rings is 1. The monoisotopic (exact) mass is 273 g/mol. The fourth-order valence-corrected chi connectivity index (χ4v) is 1.20. The van der Waals surface area contributed by atoms with Crippen LogP contribution in [0.5, 0.6) is 0 Å². The molecule has 1 rings (SSSR count). The van der Waals surface area contributed by atoms with Gasteiger partial charge in [-0.05, 0) is 28.1 Å². The first-order valence-electron chi connectivity index (χ1n) is 4.57. The molecular weight excluding hydrogens is 262 g/mol. The van der Waals surface area contributed by atoms with Crippen LogP contribution < -0.4 is 5.32 Å². The summed E-state index contributed by atoms with van der Waals surface area (Å²) in [6.07, 6.45) is 0. The molecule has 0 spiro atoms. The molecule has 0 bridgehead atoms. The van der Waals surface area contributed by atoms with Crippen molar-refractivity contribution >= 4 is 27.6 Å². The highest BCUT2D eigenvalue weighted by atomic mass is 79.9. The van der Waals surface area contributed by atoms with Gasteiger partial charge in [-0.15, -0.1) is 0 Å². The molecule has 0 aliphatic carbocycles. The lowest BCUT2D eigenvalue weighted by molar-refractivity contribution is -0.120. The van der Waals surface area contributed by atoms with Gasteiger partial charge in [0.15, 0.2) is 16.2 Å². The van der Waals surface area contributed by atoms with Crippen molar-refractivity contribution in [3.63, 3.8) is 0 Å². The zero-order chi connectivity index (χ0) is 11.4. The van der Waals surface area contributed by atoms with E-state index in [2.05, 4.69) is 21.2 Å². The molecule has 5 heteroatoms. The molecule has 0 aromatic carbocycles. The molecule has 1 N–H and O–H groups in total. The number of rotatable bonds is 4. The second-order valence-electron chi connectivity index (χ2n) is 3.41. The van der Waals surface area contributed by atoms with Crippen LogP contribution in [0.3, 0.4) is 0 Å². The SMILES string of the molecule is CC(C)C(=O)CNC(=O)c1ccc(Br)o1. The van der Waals surface area contributed by atoms with Crippen LogP contribution in [0.2, 0.25) is 0 Å². The third kappa shape index (κ3) is 3.51. The molecule has 0 aliphatic rings. The summed E-state index contributed by atoms with van der Waals surface area (Å²) in [5.41, 5.74) is 0. The van der Waals surface area contributed by atoms with Crippen LogP contribution in [-0.4, -0.2) is 18.2 Å². The number of hydrogen-bond donors (Lipinski definition) is 1. The van der Waals surface area contributed by atoms with Crippen LogP contribution in [0.1, 0.15) is 24.4 Å². The van der Waals surface area contributed by atoms with Crippen molar-refractivity contribution in [2.45, 2.75) is 13.8 Å². The quantitative estimate of drug-likeness (QED) is 0.913. The summed E-state index contributed by atoms with van der Waals surface area (Å²) in [5, 5.41) is 2.49. The van der Waals surface area contributed by atoms with Crippen molar-refractivity contribution in [1.29, 1.82) is 0 Å². The minimum atomic E-state index is -0.380. The van der Waals surface area contributed by atoms with Crippen molar-refractivity contribution in [2.24, 2.45) is 5.92 Å². The van der Waals surface area contributed by atoms with Gasteiger partial charge >= 0.3 is 0 Å². The Morgan fingerprint density at radius 1 is 1.47 bits per heavy atom. The standard InChI is InChI=1S/C10H12BrNO3/c1-6(2)7(13)5-12-10(14)8-3-4-9(11)15-8/h3-4,6H,5H2,1-2H3,(H,12,14). The van der Waals surface area contributed by atoms with Crippen LogP contribution in [0.25, 0.3) is 0 Å². The Morgan fingerprint density at radius 2 is 2.13 bits per heavy atom. The summed E-state index contributed by atoms with van der Waals surface area (Å²) in [5.74, 6) is -0.268. The molecule has 0 radical (unpaired) electrons. The van der Waals surface area contributed by atoms with Crippen LogP contribution >= 0.6 is 15.9 Å². The maximum absolute atomic E-state index is 11.4. The summed E-state index contributed by atoms with van der Waals surface area (Å²) >= 11 is 3.09. The van der Waals surface area contributed by atoms with Gasteiger partial charge in [0, 0.05) is 5.92 Å². The highest BCUT2D eigenvalue weighted by Crippen LogP contribution is 2.13. The Kier molecular flexibility index (Phi) is 4.08. The lowest BCUT2D eigenvalue weighted by Gasteiger charge is -2.04. The van der Waals surface area contributed by atoms with Gasteiger partial charge in [0.25, 0.3) is 5.91 Å². The highest BCUT2D eigenvalue weighted by molar-refractivity contribution is 9.10. The Morgan fingerprint density at radius 3 is 2.60 bits per heavy atom. The highest BCUT2D eigenvalue weighted by Gasteiger charge is 2.13. The molecule has 0 fully saturated rings. The van der Waals surface area contributed by atoms with E-state index >= 15 is 0 Å². The molecule has 0 saturated carbocycles. The van der Waals surface area contributed by atoms with Crippen molar-refractivity contribution in [3.8, 4) is 0 Å². The number of nitrogens with one attached hydrogen (secondary N) is 1. The van der Waals surface area contributed by atoms with Crippen LogP contribution in [0.15, 0.2) is 21.2 Å². The molecule has 0 atom stereocenters. The zero-order valence-corrected chi connectivity index (χ0v) is 10.1. The molecule has 1 aromatic heterocycles. The molecule has 0 unspecified atom stereocenters. The van der Waals surface area contributed by atoms with Gasteiger partial charge in [-0.25, -0.2) is 0 Å². The summed E-state index contributed by atoms with van der Waals surface area (Å²) in [6, 6.07) is 3.17. The van der Waals surface area contributed by atoms with Gasteiger partial charge in [-0.2, -0.15) is 0 Å². The van der Waals surface area contributed by atoms with E-state index in [4.69, 9.17) is 4.42 Å². The molecule has 1 aromatic rings. The molecule has 1 amide bonds. The number of Topliss-reactive ketones (excluding diaryl/α,β-unsaturated/α-hetero) is 1. The molecule has 1 heterocycles. The predicted molar refractivity (Wildman–Crippen MR) is 58.6 cm³/mol. The van der Waals surface area contributed by atoms with Gasteiger partial charge in [0.2, 0.25) is 0 Å². The molecule has 82 valence electrons. The van der Waals surface area contributed by atoms with Gasteiger partial charge in [0.05, 0.1) is 6.54 Å². The van der Waals surface area contributed by atoms with Crippen molar-refractivity contribution < 1.29 is 14.0 Å². The molecular formula is C10H12BrNO3. The van der Waals surface area contributed by atoms with E-state index in [0.717, 1.165) is 0 Å². The largest absolute Gasteiger partial charge is 0.444 e. The number of hydrogen-bond acceptors (Lipinski definition) is 3. The average Bonchev–Trinajstić information content (AvgIpc) is 2.60. The minimum Gasteiger partial charge on any atom is -0.444 e. The number of carbonyl (C=O) groups excluding carboxylic acids is 2. The van der Waals surface area contributed by atoms with Crippen LogP contribution in [0, 0.1) is 5.92 Å². The normalized spacial score (nSPS) is 10.4. The lowest BCUT2D eigenvalue weighted by atomic mass is 10.1. The lowest BCUT2D eigenvalue weighted by Crippen LogP contribution is -2.31. The predicted octanol–water partition coefficient (Wildman–Crippen LogP) is 2.00. The second kappa shape index (κ2) is 5.11. The van der Waals surface area contributed by atoms with Gasteiger partial charge in [0.1, 0.15) is 0 Å². The summed E-state index contributed by atoms with van der Waals surface area (Å²) in [4.78, 5) is 22.6. The van der Waals surface area contributed by atoms with E-state index in [0.29, 0.717) is 4.67 Å². The number of halogens is 1. The maximum Gasteiger partial charge on any atom is 0.287 e. The topological polar surface area (TPSA) is 59.3 Å². The van der Waals surface area contributed by atoms with E-state index in [1.807, 2.05) is 0 Å². The van der Waals surface area contributed by atoms with E-state index in [-0.39, 0.29) is 29.9 Å². The van der Waals surface area contributed by atoms with Crippen molar-refractivity contribution in [2.75, 3.05) is 6.54 Å². The van der Waals surface area contributed by atoms with Crippen LogP contribution in [0.4, 0.5) is 0 Å². The van der Waals surface area contributed by atoms with Gasteiger partial charge in [-0.1, -0.05) is 13.8 Å². The molecule has 15 heavy (non-hydrogen) atoms. The summed E-state index contributed by atoms with van der Waals surface area (Å²) in [7, 11) is 0. The summed E-state index contributed by atoms with van der Waals surface area (Å²) in [6.45, 7) is 3.62. The first-order chi connectivity index (χ1) is 7.00. The fourth-order valence-electron chi connectivity index (χ4n) is 0.895. The Balaban J connectivity index is 2.47. The fraction of sp³-hybridized carbons (Fsp3) is 0.400. The molecule has 4 nitrogen and oxygen atoms in total. The molecule has 0 aliphatic heterocycles.